The fourth-order valence-electron chi connectivity index (χ4n) is 2.72. The Balaban J connectivity index is 2.42. The van der Waals surface area contributed by atoms with Gasteiger partial charge in [-0.2, -0.15) is 0 Å². The van der Waals surface area contributed by atoms with E-state index in [2.05, 4.69) is 24.3 Å². The summed E-state index contributed by atoms with van der Waals surface area (Å²) in [6, 6.07) is 0. The Morgan fingerprint density at radius 2 is 2.00 bits per heavy atom. The van der Waals surface area contributed by atoms with Crippen LogP contribution in [0.2, 0.25) is 0 Å². The lowest BCUT2D eigenvalue weighted by atomic mass is 9.83. The highest BCUT2D eigenvalue weighted by Gasteiger charge is 2.45. The summed E-state index contributed by atoms with van der Waals surface area (Å²) >= 11 is 0. The van der Waals surface area contributed by atoms with Crippen molar-refractivity contribution < 1.29 is 10.0 Å². The minimum Gasteiger partial charge on any atom is -0.409 e. The molecule has 0 aromatic carbocycles. The number of nitrogens with zero attached hydrogens (tertiary/aromatic N) is 1. The van der Waals surface area contributed by atoms with Gasteiger partial charge in [-0.3, -0.25) is 4.79 Å². The molecule has 0 spiro atoms. The summed E-state index contributed by atoms with van der Waals surface area (Å²) in [5.74, 6) is 0.684. The predicted octanol–water partition coefficient (Wildman–Crippen LogP) is 2.24. The van der Waals surface area contributed by atoms with Gasteiger partial charge in [0.05, 0.1) is 0 Å². The molecule has 0 aromatic heterocycles. The van der Waals surface area contributed by atoms with Gasteiger partial charge in [-0.1, -0.05) is 44.7 Å². The second kappa shape index (κ2) is 7.36. The summed E-state index contributed by atoms with van der Waals surface area (Å²) in [6.45, 7) is 5.07. The molecule has 1 aliphatic carbocycles. The number of hydrogen-bond acceptors (Lipinski definition) is 3. The normalized spacial score (nSPS) is 18.8. The van der Waals surface area contributed by atoms with Gasteiger partial charge < -0.3 is 16.3 Å². The number of amides is 1. The predicted molar refractivity (Wildman–Crippen MR) is 76.0 cm³/mol. The topological polar surface area (TPSA) is 87.7 Å². The maximum absolute atomic E-state index is 12.3. The number of oxime groups is 1. The molecule has 1 amide bonds. The summed E-state index contributed by atoms with van der Waals surface area (Å²) in [4.78, 5) is 12.3. The highest BCUT2D eigenvalue weighted by molar-refractivity contribution is 6.07. The van der Waals surface area contributed by atoms with Gasteiger partial charge in [-0.05, 0) is 25.2 Å². The average molecular weight is 269 g/mol. The van der Waals surface area contributed by atoms with E-state index in [1.807, 2.05) is 0 Å². The molecule has 5 nitrogen and oxygen atoms in total. The second-order valence-electron chi connectivity index (χ2n) is 5.92. The van der Waals surface area contributed by atoms with Crippen molar-refractivity contribution in [3.63, 3.8) is 0 Å². The zero-order chi connectivity index (χ0) is 14.3. The number of hydrogen-bond donors (Lipinski definition) is 3. The number of nitrogens with one attached hydrogen (secondary N) is 1. The molecule has 110 valence electrons. The molecular formula is C14H27N3O2. The van der Waals surface area contributed by atoms with Crippen LogP contribution in [0.15, 0.2) is 5.16 Å². The van der Waals surface area contributed by atoms with Crippen LogP contribution in [0.3, 0.4) is 0 Å². The van der Waals surface area contributed by atoms with Crippen molar-refractivity contribution in [2.45, 2.75) is 58.8 Å². The van der Waals surface area contributed by atoms with E-state index < -0.39 is 5.41 Å². The summed E-state index contributed by atoms with van der Waals surface area (Å²) in [5, 5.41) is 14.9. The SMILES string of the molecule is CC(C)CCCCNC(=O)C1(C(N)=NO)CCCC1. The smallest absolute Gasteiger partial charge is 0.233 e. The van der Waals surface area contributed by atoms with Crippen LogP contribution >= 0.6 is 0 Å². The molecule has 5 heteroatoms. The van der Waals surface area contributed by atoms with Crippen molar-refractivity contribution >= 4 is 11.7 Å². The van der Waals surface area contributed by atoms with Crippen LogP contribution in [-0.2, 0) is 4.79 Å². The number of carbonyl (C=O) groups is 1. The van der Waals surface area contributed by atoms with Crippen molar-refractivity contribution in [2.24, 2.45) is 22.2 Å². The van der Waals surface area contributed by atoms with Gasteiger partial charge in [-0.15, -0.1) is 0 Å². The molecule has 0 heterocycles. The molecular weight excluding hydrogens is 242 g/mol. The molecule has 0 unspecified atom stereocenters. The Hall–Kier alpha value is -1.26. The van der Waals surface area contributed by atoms with Gasteiger partial charge in [0.15, 0.2) is 5.84 Å². The van der Waals surface area contributed by atoms with Crippen LogP contribution in [0.1, 0.15) is 58.8 Å². The largest absolute Gasteiger partial charge is 0.409 e. The molecule has 1 aliphatic rings. The van der Waals surface area contributed by atoms with E-state index in [9.17, 15) is 4.79 Å². The first-order valence-corrected chi connectivity index (χ1v) is 7.29. The highest BCUT2D eigenvalue weighted by Crippen LogP contribution is 2.38. The summed E-state index contributed by atoms with van der Waals surface area (Å²) in [5.41, 5.74) is 4.95. The molecule has 4 N–H and O–H groups in total. The van der Waals surface area contributed by atoms with Crippen LogP contribution in [0, 0.1) is 11.3 Å². The van der Waals surface area contributed by atoms with E-state index in [0.29, 0.717) is 25.3 Å². The van der Waals surface area contributed by atoms with Gasteiger partial charge >= 0.3 is 0 Å². The lowest BCUT2D eigenvalue weighted by Gasteiger charge is -2.26. The Labute approximate surface area is 115 Å². The van der Waals surface area contributed by atoms with Crippen molar-refractivity contribution in [3.8, 4) is 0 Å². The molecule has 0 aromatic rings. The van der Waals surface area contributed by atoms with Crippen molar-refractivity contribution in [2.75, 3.05) is 6.54 Å². The van der Waals surface area contributed by atoms with E-state index in [1.165, 1.54) is 6.42 Å². The molecule has 0 aliphatic heterocycles. The van der Waals surface area contributed by atoms with Gasteiger partial charge in [0.25, 0.3) is 0 Å². The number of carbonyl (C=O) groups excluding carboxylic acids is 1. The first-order chi connectivity index (χ1) is 9.03. The lowest BCUT2D eigenvalue weighted by Crippen LogP contribution is -2.48. The van der Waals surface area contributed by atoms with Gasteiger partial charge in [0, 0.05) is 6.54 Å². The van der Waals surface area contributed by atoms with Crippen LogP contribution in [-0.4, -0.2) is 23.5 Å². The summed E-state index contributed by atoms with van der Waals surface area (Å²) in [6.07, 6.45) is 6.56. The minimum atomic E-state index is -0.771. The third-order valence-corrected chi connectivity index (χ3v) is 3.98. The molecule has 1 fully saturated rings. The van der Waals surface area contributed by atoms with Crippen LogP contribution in [0.4, 0.5) is 0 Å². The Morgan fingerprint density at radius 3 is 2.53 bits per heavy atom. The Morgan fingerprint density at radius 1 is 1.37 bits per heavy atom. The van der Waals surface area contributed by atoms with E-state index >= 15 is 0 Å². The molecule has 19 heavy (non-hydrogen) atoms. The first-order valence-electron chi connectivity index (χ1n) is 7.29. The second-order valence-corrected chi connectivity index (χ2v) is 5.92. The summed E-state index contributed by atoms with van der Waals surface area (Å²) in [7, 11) is 0. The molecule has 0 radical (unpaired) electrons. The number of rotatable bonds is 7. The molecule has 0 saturated heterocycles. The zero-order valence-electron chi connectivity index (χ0n) is 12.1. The van der Waals surface area contributed by atoms with Crippen LogP contribution in [0.5, 0.6) is 0 Å². The molecule has 0 atom stereocenters. The Bertz CT molecular complexity index is 321. The van der Waals surface area contributed by atoms with Crippen LogP contribution in [0.25, 0.3) is 0 Å². The fraction of sp³-hybridized carbons (Fsp3) is 0.857. The number of amidine groups is 1. The average Bonchev–Trinajstić information content (AvgIpc) is 2.87. The third-order valence-electron chi connectivity index (χ3n) is 3.98. The van der Waals surface area contributed by atoms with Gasteiger partial charge in [-0.25, -0.2) is 0 Å². The molecule has 0 bridgehead atoms. The monoisotopic (exact) mass is 269 g/mol. The number of unbranched alkanes of at least 4 members (excludes halogenated alkanes) is 1. The van der Waals surface area contributed by atoms with Crippen molar-refractivity contribution in [1.29, 1.82) is 0 Å². The highest BCUT2D eigenvalue weighted by atomic mass is 16.4. The lowest BCUT2D eigenvalue weighted by molar-refractivity contribution is -0.127. The Kier molecular flexibility index (Phi) is 6.12. The standard InChI is InChI=1S/C14H27N3O2/c1-11(2)7-3-6-10-16-13(18)14(12(15)17-19)8-4-5-9-14/h11,19H,3-10H2,1-2H3,(H2,15,17)(H,16,18). The summed E-state index contributed by atoms with van der Waals surface area (Å²) < 4.78 is 0. The van der Waals surface area contributed by atoms with Gasteiger partial charge in [0.2, 0.25) is 5.91 Å². The first kappa shape index (κ1) is 15.8. The van der Waals surface area contributed by atoms with E-state index in [1.54, 1.807) is 0 Å². The zero-order valence-corrected chi connectivity index (χ0v) is 12.1. The van der Waals surface area contributed by atoms with E-state index in [4.69, 9.17) is 10.9 Å². The van der Waals surface area contributed by atoms with E-state index in [0.717, 1.165) is 25.7 Å². The molecule has 1 saturated carbocycles. The fourth-order valence-corrected chi connectivity index (χ4v) is 2.72. The minimum absolute atomic E-state index is 0.0599. The maximum atomic E-state index is 12.3. The number of nitrogens with two attached hydrogens (primary N) is 1. The third kappa shape index (κ3) is 4.11. The van der Waals surface area contributed by atoms with Crippen molar-refractivity contribution in [3.05, 3.63) is 0 Å². The maximum Gasteiger partial charge on any atom is 0.233 e. The van der Waals surface area contributed by atoms with E-state index in [-0.39, 0.29) is 11.7 Å². The molecule has 1 rings (SSSR count). The van der Waals surface area contributed by atoms with Crippen molar-refractivity contribution in [1.82, 2.24) is 5.32 Å². The van der Waals surface area contributed by atoms with Gasteiger partial charge in [0.1, 0.15) is 5.41 Å². The van der Waals surface area contributed by atoms with Crippen LogP contribution < -0.4 is 11.1 Å². The quantitative estimate of drug-likeness (QED) is 0.218.